The average Bonchev–Trinajstić information content (AvgIpc) is 3.33. The van der Waals surface area contributed by atoms with Crippen LogP contribution in [0.4, 0.5) is 5.69 Å². The molecule has 10 nitrogen and oxygen atoms in total. The number of nitrogens with zero attached hydrogens (tertiary/aromatic N) is 2. The molecule has 0 fully saturated rings. The van der Waals surface area contributed by atoms with Crippen molar-refractivity contribution in [2.24, 2.45) is 4.99 Å². The van der Waals surface area contributed by atoms with E-state index in [0.29, 0.717) is 48.9 Å². The summed E-state index contributed by atoms with van der Waals surface area (Å²) in [5.74, 6) is 0.362. The Morgan fingerprint density at radius 2 is 1.80 bits per heavy atom. The monoisotopic (exact) mass is 613 g/mol. The number of thiazole rings is 1. The highest BCUT2D eigenvalue weighted by Gasteiger charge is 2.33. The number of allylic oxidation sites excluding steroid dienone is 1. The van der Waals surface area contributed by atoms with E-state index in [2.05, 4.69) is 5.32 Å². The molecule has 0 spiro atoms. The molecule has 4 aromatic rings. The number of ether oxygens (including phenoxy) is 4. The van der Waals surface area contributed by atoms with Gasteiger partial charge in [0.15, 0.2) is 22.9 Å². The molecule has 1 amide bonds. The van der Waals surface area contributed by atoms with Gasteiger partial charge in [0.1, 0.15) is 5.75 Å². The maximum Gasteiger partial charge on any atom is 0.344 e. The molecular weight excluding hydrogens is 582 g/mol. The van der Waals surface area contributed by atoms with Crippen LogP contribution < -0.4 is 34.4 Å². The molecule has 226 valence electrons. The number of carbonyl (C=O) groups excluding carboxylic acids is 2. The molecule has 3 aromatic carbocycles. The predicted octanol–water partition coefficient (Wildman–Crippen LogP) is 3.83. The second-order valence-corrected chi connectivity index (χ2v) is 10.7. The number of carbonyl (C=O) groups is 2. The molecule has 1 aliphatic rings. The van der Waals surface area contributed by atoms with E-state index in [0.717, 1.165) is 0 Å². The number of hydrogen-bond acceptors (Lipinski definition) is 9. The summed E-state index contributed by atoms with van der Waals surface area (Å²) < 4.78 is 23.6. The van der Waals surface area contributed by atoms with E-state index in [1.54, 1.807) is 69.5 Å². The van der Waals surface area contributed by atoms with Crippen molar-refractivity contribution in [2.45, 2.75) is 19.9 Å². The van der Waals surface area contributed by atoms with Crippen molar-refractivity contribution < 1.29 is 28.5 Å². The van der Waals surface area contributed by atoms with Gasteiger partial charge in [-0.3, -0.25) is 14.2 Å². The number of amides is 1. The summed E-state index contributed by atoms with van der Waals surface area (Å²) in [6.45, 7) is 3.36. The molecule has 0 bridgehead atoms. The third-order valence-electron chi connectivity index (χ3n) is 6.86. The van der Waals surface area contributed by atoms with E-state index in [4.69, 9.17) is 23.9 Å². The number of esters is 1. The standard InChI is InChI=1S/C33H31N3O7S/c1-5-42-27(37)19-43-30-22(12-10-16-25(30)41-4)18-26-32(39)36-29(21-11-9-15-24(17-21)40-3)28(20(2)34-33(36)44-26)31(38)35-23-13-7-6-8-14-23/h6-18,29H,5,19H2,1-4H3,(H,35,38)/b26-18-/t29-/m1/s1. The molecule has 1 N–H and O–H groups in total. The lowest BCUT2D eigenvalue weighted by atomic mass is 9.95. The number of rotatable bonds is 10. The predicted molar refractivity (Wildman–Crippen MR) is 167 cm³/mol. The fraction of sp³-hybridized carbons (Fsp3) is 0.212. The third-order valence-corrected chi connectivity index (χ3v) is 7.85. The number of aromatic nitrogens is 1. The van der Waals surface area contributed by atoms with Crippen molar-refractivity contribution in [3.05, 3.63) is 115 Å². The van der Waals surface area contributed by atoms with E-state index < -0.39 is 12.0 Å². The number of anilines is 1. The Morgan fingerprint density at radius 3 is 2.52 bits per heavy atom. The summed E-state index contributed by atoms with van der Waals surface area (Å²) in [6, 6.07) is 20.8. The SMILES string of the molecule is CCOC(=O)COc1c(/C=c2\sc3n(c2=O)[C@H](c2cccc(OC)c2)C(C(=O)Nc2ccccc2)=C(C)N=3)cccc1OC. The number of para-hydroxylation sites is 2. The van der Waals surface area contributed by atoms with Crippen LogP contribution in [0.2, 0.25) is 0 Å². The largest absolute Gasteiger partial charge is 0.497 e. The van der Waals surface area contributed by atoms with Gasteiger partial charge in [-0.25, -0.2) is 9.79 Å². The van der Waals surface area contributed by atoms with E-state index >= 15 is 0 Å². The minimum atomic E-state index is -0.781. The van der Waals surface area contributed by atoms with E-state index in [-0.39, 0.29) is 30.4 Å². The van der Waals surface area contributed by atoms with E-state index in [9.17, 15) is 14.4 Å². The summed E-state index contributed by atoms with van der Waals surface area (Å²) in [4.78, 5) is 45.1. The Bertz CT molecular complexity index is 1910. The Kier molecular flexibility index (Phi) is 9.25. The number of methoxy groups -OCH3 is 2. The van der Waals surface area contributed by atoms with Crippen molar-refractivity contribution >= 4 is 35.0 Å². The molecule has 0 radical (unpaired) electrons. The summed E-state index contributed by atoms with van der Waals surface area (Å²) in [6.07, 6.45) is 1.67. The van der Waals surface area contributed by atoms with Gasteiger partial charge < -0.3 is 24.3 Å². The average molecular weight is 614 g/mol. The highest BCUT2D eigenvalue weighted by molar-refractivity contribution is 7.07. The van der Waals surface area contributed by atoms with Crippen molar-refractivity contribution in [1.82, 2.24) is 4.57 Å². The van der Waals surface area contributed by atoms with Crippen molar-refractivity contribution in [3.8, 4) is 17.2 Å². The lowest BCUT2D eigenvalue weighted by Gasteiger charge is -2.25. The summed E-state index contributed by atoms with van der Waals surface area (Å²) >= 11 is 1.18. The third kappa shape index (κ3) is 6.28. The van der Waals surface area contributed by atoms with Crippen LogP contribution in [0.15, 0.2) is 93.9 Å². The Labute approximate surface area is 257 Å². The number of benzene rings is 3. The van der Waals surface area contributed by atoms with Crippen LogP contribution in [0.5, 0.6) is 17.2 Å². The molecular formula is C33H31N3O7S. The van der Waals surface area contributed by atoms with E-state index in [1.165, 1.54) is 23.0 Å². The molecule has 0 unspecified atom stereocenters. The van der Waals surface area contributed by atoms with Crippen LogP contribution in [0, 0.1) is 0 Å². The molecule has 1 aromatic heterocycles. The maximum atomic E-state index is 14.2. The van der Waals surface area contributed by atoms with Crippen LogP contribution in [0.25, 0.3) is 6.08 Å². The topological polar surface area (TPSA) is 117 Å². The molecule has 2 heterocycles. The van der Waals surface area contributed by atoms with Crippen LogP contribution >= 0.6 is 11.3 Å². The quantitative estimate of drug-likeness (QED) is 0.270. The minimum absolute atomic E-state index is 0.224. The molecule has 0 aliphatic carbocycles. The first-order valence-electron chi connectivity index (χ1n) is 13.8. The zero-order valence-corrected chi connectivity index (χ0v) is 25.5. The van der Waals surface area contributed by atoms with Crippen LogP contribution in [0.3, 0.4) is 0 Å². The smallest absolute Gasteiger partial charge is 0.344 e. The first-order chi connectivity index (χ1) is 21.3. The fourth-order valence-electron chi connectivity index (χ4n) is 4.90. The van der Waals surface area contributed by atoms with Gasteiger partial charge in [0.25, 0.3) is 11.5 Å². The van der Waals surface area contributed by atoms with Crippen LogP contribution in [-0.4, -0.2) is 43.9 Å². The molecule has 11 heteroatoms. The summed E-state index contributed by atoms with van der Waals surface area (Å²) in [5.41, 5.74) is 2.30. The second-order valence-electron chi connectivity index (χ2n) is 9.65. The van der Waals surface area contributed by atoms with E-state index in [1.807, 2.05) is 30.3 Å². The van der Waals surface area contributed by atoms with Gasteiger partial charge in [-0.05, 0) is 55.8 Å². The van der Waals surface area contributed by atoms with Crippen LogP contribution in [-0.2, 0) is 14.3 Å². The van der Waals surface area contributed by atoms with Gasteiger partial charge >= 0.3 is 5.97 Å². The first kappa shape index (κ1) is 30.3. The number of fused-ring (bicyclic) bond motifs is 1. The van der Waals surface area contributed by atoms with Crippen molar-refractivity contribution in [3.63, 3.8) is 0 Å². The van der Waals surface area contributed by atoms with Gasteiger partial charge in [-0.15, -0.1) is 0 Å². The molecule has 5 rings (SSSR count). The molecule has 44 heavy (non-hydrogen) atoms. The Hall–Kier alpha value is -5.16. The maximum absolute atomic E-state index is 14.2. The highest BCUT2D eigenvalue weighted by atomic mass is 32.1. The summed E-state index contributed by atoms with van der Waals surface area (Å²) in [5, 5.41) is 2.94. The van der Waals surface area contributed by atoms with Crippen molar-refractivity contribution in [2.75, 3.05) is 32.8 Å². The van der Waals surface area contributed by atoms with Gasteiger partial charge in [-0.1, -0.05) is 53.8 Å². The molecule has 1 atom stereocenters. The Balaban J connectivity index is 1.65. The molecule has 0 saturated carbocycles. The number of hydrogen-bond donors (Lipinski definition) is 1. The normalized spacial score (nSPS) is 14.4. The fourth-order valence-corrected chi connectivity index (χ4v) is 5.93. The second kappa shape index (κ2) is 13.4. The lowest BCUT2D eigenvalue weighted by molar-refractivity contribution is -0.145. The Morgan fingerprint density at radius 1 is 1.02 bits per heavy atom. The van der Waals surface area contributed by atoms with Gasteiger partial charge in [0.2, 0.25) is 0 Å². The van der Waals surface area contributed by atoms with Gasteiger partial charge in [0.05, 0.1) is 42.7 Å². The highest BCUT2D eigenvalue weighted by Crippen LogP contribution is 2.33. The molecule has 0 saturated heterocycles. The lowest BCUT2D eigenvalue weighted by Crippen LogP contribution is -2.40. The zero-order chi connectivity index (χ0) is 31.2. The number of nitrogens with one attached hydrogen (secondary N) is 1. The molecule has 1 aliphatic heterocycles. The van der Waals surface area contributed by atoms with Gasteiger partial charge in [-0.2, -0.15) is 0 Å². The minimum Gasteiger partial charge on any atom is -0.497 e. The first-order valence-corrected chi connectivity index (χ1v) is 14.6. The summed E-state index contributed by atoms with van der Waals surface area (Å²) in [7, 11) is 3.05. The zero-order valence-electron chi connectivity index (χ0n) is 24.7. The van der Waals surface area contributed by atoms with Gasteiger partial charge in [0, 0.05) is 11.3 Å². The van der Waals surface area contributed by atoms with Crippen LogP contribution in [0.1, 0.15) is 31.0 Å². The van der Waals surface area contributed by atoms with Crippen molar-refractivity contribution in [1.29, 1.82) is 0 Å².